The van der Waals surface area contributed by atoms with Gasteiger partial charge in [-0.3, -0.25) is 4.90 Å². The number of ether oxygens (including phenoxy) is 4. The minimum absolute atomic E-state index is 0. The molecule has 0 radical (unpaired) electrons. The Morgan fingerprint density at radius 1 is 0.914 bits per heavy atom. The highest BCUT2D eigenvalue weighted by Crippen LogP contribution is 2.38. The minimum atomic E-state index is -4.56. The number of aromatic nitrogens is 1. The SMILES string of the molecule is O=C(O[C@@H](Cc1c(Cl)c[nH+]cc1Cl)c1ccc(OC(F)F)c(OCC2CC2)c1)c1cccc(S(=O)(=O)NC(C(=O)O[C@H]2CN3CCC2CC3)c2cccc(F)c2)c1.[OH-]. The average molecular weight is 867 g/mol. The van der Waals surface area contributed by atoms with Crippen molar-refractivity contribution in [3.05, 3.63) is 117 Å². The van der Waals surface area contributed by atoms with Crippen LogP contribution in [-0.2, 0) is 30.7 Å². The number of esters is 2. The van der Waals surface area contributed by atoms with E-state index < -0.39 is 52.6 Å². The van der Waals surface area contributed by atoms with Crippen molar-refractivity contribution in [3.8, 4) is 11.5 Å². The summed E-state index contributed by atoms with van der Waals surface area (Å²) in [5, 5.41) is 0.455. The van der Waals surface area contributed by atoms with Crippen molar-refractivity contribution in [3.63, 3.8) is 0 Å². The minimum Gasteiger partial charge on any atom is -0.870 e. The first-order valence-corrected chi connectivity index (χ1v) is 20.6. The number of nitrogens with zero attached hydrogens (tertiary/aromatic N) is 1. The van der Waals surface area contributed by atoms with Gasteiger partial charge in [-0.1, -0.05) is 47.5 Å². The summed E-state index contributed by atoms with van der Waals surface area (Å²) in [5.41, 5.74) is 0.573. The highest BCUT2D eigenvalue weighted by atomic mass is 35.5. The topological polar surface area (TPSA) is 165 Å². The van der Waals surface area contributed by atoms with Gasteiger partial charge in [-0.15, -0.1) is 0 Å². The Morgan fingerprint density at radius 2 is 1.64 bits per heavy atom. The number of piperidine rings is 3. The van der Waals surface area contributed by atoms with Crippen molar-refractivity contribution < 1.29 is 60.6 Å². The summed E-state index contributed by atoms with van der Waals surface area (Å²) in [6.07, 6.45) is 4.86. The molecule has 4 aromatic rings. The summed E-state index contributed by atoms with van der Waals surface area (Å²) in [6, 6.07) is 12.5. The standard InChI is InChI=1S/C40H38Cl2F3N3O8S.H2O/c41-31-19-46-20-32(42)30(31)18-34(25-9-10-33(56-40(44)45)35(17-25)53-22-23-7-8-23)54-38(49)27-4-2-6-29(16-27)57(51,52)47-37(26-3-1-5-28(43)15-26)39(50)55-36-21-48-13-11-24(36)12-14-48;/h1-6,9-10,15-17,19-20,23-24,34,36-37,40,47H,7-8,11-14,18,21-22H2;1H2/t34-,36-,37?;/m0./s1. The number of fused-ring (bicyclic) bond motifs is 3. The Kier molecular flexibility index (Phi) is 13.9. The van der Waals surface area contributed by atoms with Crippen molar-refractivity contribution in [1.82, 2.24) is 9.62 Å². The normalized spacial score (nSPS) is 19.8. The summed E-state index contributed by atoms with van der Waals surface area (Å²) in [5.74, 6) is -2.31. The van der Waals surface area contributed by atoms with Crippen molar-refractivity contribution in [2.75, 3.05) is 26.2 Å². The number of sulfonamides is 1. The number of pyridine rings is 1. The second-order valence-electron chi connectivity index (χ2n) is 14.3. The van der Waals surface area contributed by atoms with E-state index in [0.717, 1.165) is 50.9 Å². The van der Waals surface area contributed by atoms with Crippen LogP contribution in [0.15, 0.2) is 84.0 Å². The molecule has 3 N–H and O–H groups in total. The number of carbonyl (C=O) groups excluding carboxylic acids is 2. The van der Waals surface area contributed by atoms with E-state index in [4.69, 9.17) is 37.4 Å². The number of hydrogen-bond donors (Lipinski definition) is 1. The molecule has 3 atom stereocenters. The molecule has 58 heavy (non-hydrogen) atoms. The Labute approximate surface area is 342 Å². The van der Waals surface area contributed by atoms with E-state index in [-0.39, 0.29) is 67.9 Å². The number of aromatic amines is 1. The average Bonchev–Trinajstić information content (AvgIpc) is 4.03. The van der Waals surface area contributed by atoms with Gasteiger partial charge in [0.15, 0.2) is 23.9 Å². The first kappa shape index (κ1) is 43.1. The summed E-state index contributed by atoms with van der Waals surface area (Å²) < 4.78 is 93.6. The van der Waals surface area contributed by atoms with Gasteiger partial charge >= 0.3 is 18.6 Å². The number of benzene rings is 3. The zero-order valence-corrected chi connectivity index (χ0v) is 33.1. The zero-order valence-electron chi connectivity index (χ0n) is 30.8. The molecule has 3 saturated heterocycles. The van der Waals surface area contributed by atoms with Gasteiger partial charge in [-0.25, -0.2) is 27.4 Å². The molecule has 4 heterocycles. The lowest BCUT2D eigenvalue weighted by Gasteiger charge is -2.44. The van der Waals surface area contributed by atoms with Crippen LogP contribution in [0.1, 0.15) is 64.9 Å². The van der Waals surface area contributed by atoms with Crippen LogP contribution in [-0.4, -0.2) is 69.7 Å². The molecule has 4 aliphatic rings. The second-order valence-corrected chi connectivity index (χ2v) is 16.8. The summed E-state index contributed by atoms with van der Waals surface area (Å²) in [6.45, 7) is -0.546. The van der Waals surface area contributed by atoms with Crippen LogP contribution >= 0.6 is 23.2 Å². The maximum absolute atomic E-state index is 14.4. The molecule has 1 unspecified atom stereocenters. The Bertz CT molecular complexity index is 2210. The molecule has 4 fully saturated rings. The van der Waals surface area contributed by atoms with Gasteiger partial charge in [0.25, 0.3) is 0 Å². The molecule has 0 spiro atoms. The molecule has 3 aromatic carbocycles. The number of nitrogens with one attached hydrogen (secondary N) is 2. The van der Waals surface area contributed by atoms with Gasteiger partial charge in [0.1, 0.15) is 34.1 Å². The van der Waals surface area contributed by atoms with Crippen molar-refractivity contribution in [2.24, 2.45) is 11.8 Å². The third-order valence-electron chi connectivity index (χ3n) is 10.3. The fourth-order valence-electron chi connectivity index (χ4n) is 7.02. The third-order valence-corrected chi connectivity index (χ3v) is 12.4. The predicted molar refractivity (Wildman–Crippen MR) is 203 cm³/mol. The summed E-state index contributed by atoms with van der Waals surface area (Å²) in [4.78, 5) is 32.1. The fourth-order valence-corrected chi connectivity index (χ4v) is 8.77. The van der Waals surface area contributed by atoms with E-state index in [1.165, 1.54) is 67.0 Å². The maximum Gasteiger partial charge on any atom is 0.387 e. The highest BCUT2D eigenvalue weighted by Gasteiger charge is 2.39. The summed E-state index contributed by atoms with van der Waals surface area (Å²) >= 11 is 12.9. The molecular formula is C40H40Cl2F3N3O9S. The molecule has 3 aliphatic heterocycles. The molecule has 18 heteroatoms. The monoisotopic (exact) mass is 865 g/mol. The molecule has 1 saturated carbocycles. The van der Waals surface area contributed by atoms with Crippen LogP contribution in [0.3, 0.4) is 0 Å². The van der Waals surface area contributed by atoms with Gasteiger partial charge in [0.2, 0.25) is 10.0 Å². The lowest BCUT2D eigenvalue weighted by Crippen LogP contribution is -2.52. The number of halogens is 5. The quantitative estimate of drug-likeness (QED) is 0.117. The van der Waals surface area contributed by atoms with Crippen LogP contribution in [0, 0.1) is 17.7 Å². The van der Waals surface area contributed by atoms with Crippen molar-refractivity contribution >= 4 is 45.2 Å². The van der Waals surface area contributed by atoms with Crippen molar-refractivity contribution in [1.29, 1.82) is 0 Å². The van der Waals surface area contributed by atoms with E-state index in [0.29, 0.717) is 17.7 Å². The van der Waals surface area contributed by atoms with Crippen LogP contribution in [0.4, 0.5) is 13.2 Å². The van der Waals surface area contributed by atoms with Gasteiger partial charge in [0, 0.05) is 18.5 Å². The number of hydrogen-bond acceptors (Lipinski definition) is 10. The lowest BCUT2D eigenvalue weighted by molar-refractivity contribution is -0.377. The number of H-pyrrole nitrogens is 1. The predicted octanol–water partition coefficient (Wildman–Crippen LogP) is 6.96. The Balaban J connectivity index is 0.00000567. The number of carbonyl (C=O) groups is 2. The van der Waals surface area contributed by atoms with Gasteiger partial charge in [-0.2, -0.15) is 13.5 Å². The van der Waals surface area contributed by atoms with Gasteiger partial charge < -0.3 is 24.4 Å². The first-order valence-electron chi connectivity index (χ1n) is 18.4. The van der Waals surface area contributed by atoms with Crippen LogP contribution in [0.5, 0.6) is 11.5 Å². The van der Waals surface area contributed by atoms with E-state index in [1.807, 2.05) is 0 Å². The van der Waals surface area contributed by atoms with Crippen LogP contribution < -0.4 is 19.2 Å². The summed E-state index contributed by atoms with van der Waals surface area (Å²) in [7, 11) is -4.56. The molecular weight excluding hydrogens is 826 g/mol. The molecule has 2 bridgehead atoms. The van der Waals surface area contributed by atoms with E-state index in [1.54, 1.807) is 0 Å². The largest absolute Gasteiger partial charge is 0.870 e. The molecule has 310 valence electrons. The smallest absolute Gasteiger partial charge is 0.387 e. The first-order chi connectivity index (χ1) is 27.3. The van der Waals surface area contributed by atoms with Gasteiger partial charge in [-0.05, 0) is 104 Å². The Hall–Kier alpha value is -4.45. The zero-order chi connectivity index (χ0) is 40.3. The maximum atomic E-state index is 14.4. The van der Waals surface area contributed by atoms with Crippen molar-refractivity contribution in [2.45, 2.75) is 61.9 Å². The number of rotatable bonds is 16. The van der Waals surface area contributed by atoms with E-state index in [2.05, 4.69) is 19.3 Å². The Morgan fingerprint density at radius 3 is 2.29 bits per heavy atom. The van der Waals surface area contributed by atoms with E-state index in [9.17, 15) is 31.2 Å². The number of alkyl halides is 2. The van der Waals surface area contributed by atoms with E-state index >= 15 is 0 Å². The third kappa shape index (κ3) is 10.6. The highest BCUT2D eigenvalue weighted by molar-refractivity contribution is 7.89. The van der Waals surface area contributed by atoms with Gasteiger partial charge in [0.05, 0.1) is 17.1 Å². The fraction of sp³-hybridized carbons (Fsp3) is 0.375. The molecule has 8 rings (SSSR count). The van der Waals surface area contributed by atoms with Crippen LogP contribution in [0.25, 0.3) is 0 Å². The molecule has 1 aliphatic carbocycles. The lowest BCUT2D eigenvalue weighted by atomic mass is 9.86. The molecule has 0 amide bonds. The van der Waals surface area contributed by atoms with Crippen LogP contribution in [0.2, 0.25) is 10.0 Å². The second kappa shape index (κ2) is 18.6. The molecule has 12 nitrogen and oxygen atoms in total. The molecule has 1 aromatic heterocycles.